The summed E-state index contributed by atoms with van der Waals surface area (Å²) in [6, 6.07) is 0.427. The number of aryl methyl sites for hydroxylation is 1. The molecule has 86 valence electrons. The van der Waals surface area contributed by atoms with Crippen LogP contribution in [-0.4, -0.2) is 21.3 Å². The quantitative estimate of drug-likeness (QED) is 0.807. The Morgan fingerprint density at radius 3 is 2.40 bits per heavy atom. The highest BCUT2D eigenvalue weighted by atomic mass is 15.3. The van der Waals surface area contributed by atoms with Gasteiger partial charge in [0.15, 0.2) is 0 Å². The van der Waals surface area contributed by atoms with Crippen molar-refractivity contribution in [3.05, 3.63) is 11.6 Å². The molecule has 0 aliphatic rings. The van der Waals surface area contributed by atoms with Crippen LogP contribution in [0.3, 0.4) is 0 Å². The van der Waals surface area contributed by atoms with Gasteiger partial charge in [-0.25, -0.2) is 0 Å². The Hall–Kier alpha value is -0.900. The van der Waals surface area contributed by atoms with Crippen LogP contribution < -0.4 is 5.32 Å². The van der Waals surface area contributed by atoms with E-state index in [9.17, 15) is 0 Å². The number of hydrogen-bond acceptors (Lipinski definition) is 3. The fourth-order valence-corrected chi connectivity index (χ4v) is 1.68. The molecule has 0 aliphatic carbocycles. The van der Waals surface area contributed by atoms with E-state index in [-0.39, 0.29) is 0 Å². The molecule has 0 fully saturated rings. The first-order valence-electron chi connectivity index (χ1n) is 5.63. The van der Waals surface area contributed by atoms with Crippen molar-refractivity contribution in [3.8, 4) is 0 Å². The van der Waals surface area contributed by atoms with E-state index in [4.69, 9.17) is 0 Å². The van der Waals surface area contributed by atoms with Gasteiger partial charge >= 0.3 is 0 Å². The molecule has 0 aliphatic heterocycles. The van der Waals surface area contributed by atoms with Gasteiger partial charge in [-0.1, -0.05) is 13.8 Å². The predicted molar refractivity (Wildman–Crippen MR) is 61.7 cm³/mol. The molecular formula is C11H22N4. The Morgan fingerprint density at radius 1 is 1.20 bits per heavy atom. The minimum absolute atomic E-state index is 0.427. The van der Waals surface area contributed by atoms with Gasteiger partial charge in [0.05, 0.1) is 6.54 Å². The highest BCUT2D eigenvalue weighted by Gasteiger charge is 2.10. The Labute approximate surface area is 92.1 Å². The zero-order valence-corrected chi connectivity index (χ0v) is 10.4. The summed E-state index contributed by atoms with van der Waals surface area (Å²) >= 11 is 0. The summed E-state index contributed by atoms with van der Waals surface area (Å²) in [6.45, 7) is 12.5. The van der Waals surface area contributed by atoms with Crippen molar-refractivity contribution < 1.29 is 0 Å². The maximum atomic E-state index is 4.18. The lowest BCUT2D eigenvalue weighted by molar-refractivity contribution is 0.503. The molecule has 1 aromatic heterocycles. The summed E-state index contributed by atoms with van der Waals surface area (Å²) < 4.78 is 2.17. The Balaban J connectivity index is 2.61. The maximum absolute atomic E-state index is 4.18. The summed E-state index contributed by atoms with van der Waals surface area (Å²) in [6.07, 6.45) is 0. The van der Waals surface area contributed by atoms with E-state index in [1.54, 1.807) is 0 Å². The molecule has 0 atom stereocenters. The molecule has 1 rings (SSSR count). The zero-order chi connectivity index (χ0) is 11.4. The summed E-state index contributed by atoms with van der Waals surface area (Å²) in [5.74, 6) is 2.69. The molecule has 1 N–H and O–H groups in total. The number of nitrogens with one attached hydrogen (secondary N) is 1. The van der Waals surface area contributed by atoms with E-state index >= 15 is 0 Å². The minimum Gasteiger partial charge on any atom is -0.312 e. The molecule has 0 spiro atoms. The molecule has 15 heavy (non-hydrogen) atoms. The topological polar surface area (TPSA) is 42.7 Å². The van der Waals surface area contributed by atoms with E-state index in [1.165, 1.54) is 0 Å². The standard InChI is InChI=1S/C11H22N4/c1-8(2)6-12-7-11-14-13-10(5)15(11)9(3)4/h8-9,12H,6-7H2,1-5H3. The molecule has 0 saturated carbocycles. The normalized spacial score (nSPS) is 11.7. The average molecular weight is 210 g/mol. The third-order valence-electron chi connectivity index (χ3n) is 2.29. The second-order valence-electron chi connectivity index (χ2n) is 4.65. The van der Waals surface area contributed by atoms with Crippen molar-refractivity contribution in [2.24, 2.45) is 5.92 Å². The lowest BCUT2D eigenvalue weighted by atomic mass is 10.2. The van der Waals surface area contributed by atoms with Gasteiger partial charge in [0, 0.05) is 6.04 Å². The van der Waals surface area contributed by atoms with Crippen molar-refractivity contribution in [2.45, 2.75) is 47.2 Å². The van der Waals surface area contributed by atoms with Crippen LogP contribution in [0.15, 0.2) is 0 Å². The lowest BCUT2D eigenvalue weighted by Crippen LogP contribution is -2.22. The van der Waals surface area contributed by atoms with E-state index < -0.39 is 0 Å². The molecule has 0 unspecified atom stereocenters. The number of rotatable bonds is 5. The maximum Gasteiger partial charge on any atom is 0.147 e. The van der Waals surface area contributed by atoms with E-state index in [2.05, 4.69) is 47.8 Å². The fraction of sp³-hybridized carbons (Fsp3) is 0.818. The highest BCUT2D eigenvalue weighted by molar-refractivity contribution is 4.95. The first kappa shape index (κ1) is 12.2. The summed E-state index contributed by atoms with van der Waals surface area (Å²) in [5, 5.41) is 11.7. The molecule has 0 aromatic carbocycles. The van der Waals surface area contributed by atoms with E-state index in [1.807, 2.05) is 6.92 Å². The number of aromatic nitrogens is 3. The van der Waals surface area contributed by atoms with Crippen molar-refractivity contribution in [2.75, 3.05) is 6.54 Å². The fourth-order valence-electron chi connectivity index (χ4n) is 1.68. The third kappa shape index (κ3) is 3.30. The second kappa shape index (κ2) is 5.26. The number of hydrogen-bond donors (Lipinski definition) is 1. The molecular weight excluding hydrogens is 188 g/mol. The van der Waals surface area contributed by atoms with Gasteiger partial charge in [-0.05, 0) is 33.2 Å². The predicted octanol–water partition coefficient (Wildman–Crippen LogP) is 1.91. The van der Waals surface area contributed by atoms with Gasteiger partial charge < -0.3 is 9.88 Å². The van der Waals surface area contributed by atoms with Crippen LogP contribution in [0.1, 0.15) is 45.4 Å². The molecule has 0 amide bonds. The molecule has 0 saturated heterocycles. The first-order chi connectivity index (χ1) is 7.02. The van der Waals surface area contributed by atoms with Gasteiger partial charge in [0.2, 0.25) is 0 Å². The largest absolute Gasteiger partial charge is 0.312 e. The Bertz CT molecular complexity index is 302. The molecule has 1 heterocycles. The van der Waals surface area contributed by atoms with Crippen molar-refractivity contribution in [1.82, 2.24) is 20.1 Å². The van der Waals surface area contributed by atoms with Crippen LogP contribution in [0.5, 0.6) is 0 Å². The SMILES string of the molecule is Cc1nnc(CNCC(C)C)n1C(C)C. The van der Waals surface area contributed by atoms with Crippen LogP contribution in [0, 0.1) is 12.8 Å². The summed E-state index contributed by atoms with van der Waals surface area (Å²) in [4.78, 5) is 0. The summed E-state index contributed by atoms with van der Waals surface area (Å²) in [5.41, 5.74) is 0. The molecule has 0 bridgehead atoms. The number of nitrogens with zero attached hydrogens (tertiary/aromatic N) is 3. The van der Waals surface area contributed by atoms with Gasteiger partial charge in [-0.3, -0.25) is 0 Å². The molecule has 1 aromatic rings. The van der Waals surface area contributed by atoms with Gasteiger partial charge in [-0.15, -0.1) is 10.2 Å². The van der Waals surface area contributed by atoms with Crippen LogP contribution in [0.4, 0.5) is 0 Å². The minimum atomic E-state index is 0.427. The first-order valence-corrected chi connectivity index (χ1v) is 5.63. The van der Waals surface area contributed by atoms with Crippen molar-refractivity contribution >= 4 is 0 Å². The summed E-state index contributed by atoms with van der Waals surface area (Å²) in [7, 11) is 0. The smallest absolute Gasteiger partial charge is 0.147 e. The van der Waals surface area contributed by atoms with Gasteiger partial charge in [0.1, 0.15) is 11.6 Å². The van der Waals surface area contributed by atoms with Crippen LogP contribution in [0.2, 0.25) is 0 Å². The average Bonchev–Trinajstić information content (AvgIpc) is 2.46. The Morgan fingerprint density at radius 2 is 1.87 bits per heavy atom. The highest BCUT2D eigenvalue weighted by Crippen LogP contribution is 2.10. The van der Waals surface area contributed by atoms with Crippen LogP contribution in [-0.2, 0) is 6.54 Å². The monoisotopic (exact) mass is 210 g/mol. The van der Waals surface area contributed by atoms with Gasteiger partial charge in [-0.2, -0.15) is 0 Å². The lowest BCUT2D eigenvalue weighted by Gasteiger charge is -2.13. The van der Waals surface area contributed by atoms with Crippen molar-refractivity contribution in [3.63, 3.8) is 0 Å². The van der Waals surface area contributed by atoms with Crippen LogP contribution in [0.25, 0.3) is 0 Å². The van der Waals surface area contributed by atoms with E-state index in [0.717, 1.165) is 24.7 Å². The molecule has 4 nitrogen and oxygen atoms in total. The Kier molecular flexibility index (Phi) is 4.27. The molecule has 0 radical (unpaired) electrons. The zero-order valence-electron chi connectivity index (χ0n) is 10.4. The van der Waals surface area contributed by atoms with Crippen molar-refractivity contribution in [1.29, 1.82) is 0 Å². The van der Waals surface area contributed by atoms with Crippen LogP contribution >= 0.6 is 0 Å². The third-order valence-corrected chi connectivity index (χ3v) is 2.29. The van der Waals surface area contributed by atoms with Gasteiger partial charge in [0.25, 0.3) is 0 Å². The van der Waals surface area contributed by atoms with E-state index in [0.29, 0.717) is 12.0 Å². The second-order valence-corrected chi connectivity index (χ2v) is 4.65. The molecule has 4 heteroatoms.